The zero-order valence-corrected chi connectivity index (χ0v) is 19.3. The van der Waals surface area contributed by atoms with E-state index in [2.05, 4.69) is 36.1 Å². The Balaban J connectivity index is 1.71. The van der Waals surface area contributed by atoms with Gasteiger partial charge in [0, 0.05) is 43.3 Å². The monoisotopic (exact) mass is 426 g/mol. The molecular weight excluding hydrogens is 392 g/mol. The summed E-state index contributed by atoms with van der Waals surface area (Å²) in [6.07, 6.45) is 2.39. The van der Waals surface area contributed by atoms with Crippen molar-refractivity contribution in [1.82, 2.24) is 4.90 Å². The molecule has 2 aromatic carbocycles. The van der Waals surface area contributed by atoms with Crippen LogP contribution < -0.4 is 19.1 Å². The maximum absolute atomic E-state index is 12.8. The largest absolute Gasteiger partial charge is 0.493 e. The van der Waals surface area contributed by atoms with Crippen molar-refractivity contribution >= 4 is 11.6 Å². The van der Waals surface area contributed by atoms with E-state index in [-0.39, 0.29) is 11.9 Å². The molecule has 0 radical (unpaired) electrons. The van der Waals surface area contributed by atoms with Gasteiger partial charge in [0.1, 0.15) is 0 Å². The Morgan fingerprint density at radius 3 is 2.16 bits per heavy atom. The van der Waals surface area contributed by atoms with E-state index in [1.807, 2.05) is 24.0 Å². The topological polar surface area (TPSA) is 51.2 Å². The number of hydrogen-bond donors (Lipinski definition) is 0. The Kier molecular flexibility index (Phi) is 7.80. The van der Waals surface area contributed by atoms with Gasteiger partial charge >= 0.3 is 0 Å². The van der Waals surface area contributed by atoms with Gasteiger partial charge in [0.15, 0.2) is 11.5 Å². The molecule has 1 fully saturated rings. The van der Waals surface area contributed by atoms with Gasteiger partial charge in [-0.1, -0.05) is 30.7 Å². The second-order valence-electron chi connectivity index (χ2n) is 7.95. The van der Waals surface area contributed by atoms with Crippen LogP contribution in [0.25, 0.3) is 0 Å². The SMILES string of the molecule is CCC(=O)N(c1ccc(C)cc1)C1CCN(Cc2ccc(OC)c(OC)c2OC)CC1. The molecule has 6 nitrogen and oxygen atoms in total. The summed E-state index contributed by atoms with van der Waals surface area (Å²) in [5.74, 6) is 2.18. The van der Waals surface area contributed by atoms with E-state index in [4.69, 9.17) is 14.2 Å². The number of hydrogen-bond acceptors (Lipinski definition) is 5. The number of benzene rings is 2. The molecule has 6 heteroatoms. The van der Waals surface area contributed by atoms with Crippen LogP contribution in [0.2, 0.25) is 0 Å². The molecule has 1 heterocycles. The van der Waals surface area contributed by atoms with Crippen LogP contribution >= 0.6 is 0 Å². The van der Waals surface area contributed by atoms with Crippen molar-refractivity contribution in [3.63, 3.8) is 0 Å². The molecule has 0 unspecified atom stereocenters. The quantitative estimate of drug-likeness (QED) is 0.625. The van der Waals surface area contributed by atoms with Crippen molar-refractivity contribution in [3.05, 3.63) is 47.5 Å². The van der Waals surface area contributed by atoms with Gasteiger partial charge < -0.3 is 19.1 Å². The second-order valence-corrected chi connectivity index (χ2v) is 7.95. The lowest BCUT2D eigenvalue weighted by atomic mass is 10.0. The van der Waals surface area contributed by atoms with Crippen molar-refractivity contribution in [2.45, 2.75) is 45.7 Å². The number of carbonyl (C=O) groups excluding carboxylic acids is 1. The lowest BCUT2D eigenvalue weighted by molar-refractivity contribution is -0.119. The summed E-state index contributed by atoms with van der Waals surface area (Å²) < 4.78 is 16.6. The molecule has 1 amide bonds. The molecule has 0 N–H and O–H groups in total. The molecule has 0 spiro atoms. The van der Waals surface area contributed by atoms with Gasteiger partial charge in [0.05, 0.1) is 21.3 Å². The van der Waals surface area contributed by atoms with Crippen LogP contribution in [0, 0.1) is 6.92 Å². The van der Waals surface area contributed by atoms with Crippen LogP contribution in [0.1, 0.15) is 37.3 Å². The Bertz CT molecular complexity index is 874. The van der Waals surface area contributed by atoms with E-state index in [0.29, 0.717) is 23.7 Å². The molecule has 0 aromatic heterocycles. The van der Waals surface area contributed by atoms with Gasteiger partial charge in [0.25, 0.3) is 0 Å². The summed E-state index contributed by atoms with van der Waals surface area (Å²) in [5, 5.41) is 0. The minimum Gasteiger partial charge on any atom is -0.493 e. The number of piperidine rings is 1. The van der Waals surface area contributed by atoms with Crippen LogP contribution in [-0.2, 0) is 11.3 Å². The average molecular weight is 427 g/mol. The molecule has 1 aliphatic rings. The molecule has 0 atom stereocenters. The van der Waals surface area contributed by atoms with Crippen LogP contribution in [0.4, 0.5) is 5.69 Å². The molecule has 0 aliphatic carbocycles. The van der Waals surface area contributed by atoms with Crippen molar-refractivity contribution in [2.75, 3.05) is 39.3 Å². The highest BCUT2D eigenvalue weighted by Gasteiger charge is 2.29. The molecule has 2 aromatic rings. The highest BCUT2D eigenvalue weighted by molar-refractivity contribution is 5.93. The molecule has 3 rings (SSSR count). The summed E-state index contributed by atoms with van der Waals surface area (Å²) in [4.78, 5) is 17.2. The first-order chi connectivity index (χ1) is 15.0. The van der Waals surface area contributed by atoms with Crippen molar-refractivity contribution < 1.29 is 19.0 Å². The first-order valence-electron chi connectivity index (χ1n) is 10.9. The fourth-order valence-corrected chi connectivity index (χ4v) is 4.30. The zero-order valence-electron chi connectivity index (χ0n) is 19.3. The predicted molar refractivity (Wildman–Crippen MR) is 123 cm³/mol. The average Bonchev–Trinajstić information content (AvgIpc) is 2.80. The van der Waals surface area contributed by atoms with Gasteiger partial charge in [0.2, 0.25) is 11.7 Å². The van der Waals surface area contributed by atoms with Crippen LogP contribution in [-0.4, -0.2) is 51.3 Å². The predicted octanol–water partition coefficient (Wildman–Crippen LogP) is 4.43. The Morgan fingerprint density at radius 2 is 1.61 bits per heavy atom. The van der Waals surface area contributed by atoms with E-state index in [0.717, 1.165) is 43.7 Å². The molecule has 31 heavy (non-hydrogen) atoms. The minimum absolute atomic E-state index is 0.184. The Labute approximate surface area is 185 Å². The van der Waals surface area contributed by atoms with Gasteiger partial charge in [-0.25, -0.2) is 0 Å². The van der Waals surface area contributed by atoms with Crippen molar-refractivity contribution in [2.24, 2.45) is 0 Å². The third-order valence-electron chi connectivity index (χ3n) is 5.99. The first-order valence-corrected chi connectivity index (χ1v) is 10.9. The van der Waals surface area contributed by atoms with Crippen LogP contribution in [0.5, 0.6) is 17.2 Å². The van der Waals surface area contributed by atoms with E-state index in [1.165, 1.54) is 5.56 Å². The number of rotatable bonds is 8. The van der Waals surface area contributed by atoms with E-state index < -0.39 is 0 Å². The normalized spacial score (nSPS) is 14.9. The summed E-state index contributed by atoms with van der Waals surface area (Å²) in [5.41, 5.74) is 3.27. The maximum Gasteiger partial charge on any atom is 0.226 e. The zero-order chi connectivity index (χ0) is 22.4. The van der Waals surface area contributed by atoms with Crippen LogP contribution in [0.15, 0.2) is 36.4 Å². The number of aryl methyl sites for hydroxylation is 1. The van der Waals surface area contributed by atoms with Crippen molar-refractivity contribution in [1.29, 1.82) is 0 Å². The highest BCUT2D eigenvalue weighted by Crippen LogP contribution is 2.40. The summed E-state index contributed by atoms with van der Waals surface area (Å²) in [6, 6.07) is 12.4. The summed E-state index contributed by atoms with van der Waals surface area (Å²) >= 11 is 0. The van der Waals surface area contributed by atoms with Gasteiger partial charge in [-0.15, -0.1) is 0 Å². The third-order valence-corrected chi connectivity index (χ3v) is 5.99. The number of nitrogens with zero attached hydrogens (tertiary/aromatic N) is 2. The van der Waals surface area contributed by atoms with Crippen LogP contribution in [0.3, 0.4) is 0 Å². The van der Waals surface area contributed by atoms with E-state index in [9.17, 15) is 4.79 Å². The molecule has 1 saturated heterocycles. The molecule has 0 bridgehead atoms. The van der Waals surface area contributed by atoms with E-state index in [1.54, 1.807) is 21.3 Å². The van der Waals surface area contributed by atoms with Crippen molar-refractivity contribution in [3.8, 4) is 17.2 Å². The third kappa shape index (κ3) is 5.13. The fraction of sp³-hybridized carbons (Fsp3) is 0.480. The van der Waals surface area contributed by atoms with Gasteiger partial charge in [-0.05, 0) is 38.0 Å². The maximum atomic E-state index is 12.8. The molecule has 168 valence electrons. The second kappa shape index (κ2) is 10.5. The lowest BCUT2D eigenvalue weighted by Gasteiger charge is -2.38. The first kappa shape index (κ1) is 22.9. The number of carbonyl (C=O) groups is 1. The number of amides is 1. The molecule has 0 saturated carbocycles. The van der Waals surface area contributed by atoms with E-state index >= 15 is 0 Å². The van der Waals surface area contributed by atoms with Gasteiger partial charge in [-0.3, -0.25) is 9.69 Å². The minimum atomic E-state index is 0.184. The number of ether oxygens (including phenoxy) is 3. The smallest absolute Gasteiger partial charge is 0.226 e. The Hall–Kier alpha value is -2.73. The van der Waals surface area contributed by atoms with Gasteiger partial charge in [-0.2, -0.15) is 0 Å². The Morgan fingerprint density at radius 1 is 0.968 bits per heavy atom. The molecular formula is C25H34N2O4. The lowest BCUT2D eigenvalue weighted by Crippen LogP contribution is -2.47. The number of likely N-dealkylation sites (tertiary alicyclic amines) is 1. The number of anilines is 1. The number of methoxy groups -OCH3 is 3. The standard InChI is InChI=1S/C25H34N2O4/c1-6-23(28)27(20-10-7-18(2)8-11-20)21-13-15-26(16-14-21)17-19-9-12-22(29-3)25(31-5)24(19)30-4/h7-12,21H,6,13-17H2,1-5H3. The highest BCUT2D eigenvalue weighted by atomic mass is 16.5. The fourth-order valence-electron chi connectivity index (χ4n) is 4.30. The molecule has 1 aliphatic heterocycles. The summed E-state index contributed by atoms with van der Waals surface area (Å²) in [7, 11) is 4.90. The summed E-state index contributed by atoms with van der Waals surface area (Å²) in [6.45, 7) is 6.60.